The number of hydrogen-bond donors (Lipinski definition) is 0. The maximum absolute atomic E-state index is 5.55. The molecule has 0 aliphatic rings. The smallest absolute Gasteiger partial charge is 0 e. The second-order valence-corrected chi connectivity index (χ2v) is 3.19. The first kappa shape index (κ1) is 15.1. The van der Waals surface area contributed by atoms with Crippen LogP contribution in [0.3, 0.4) is 0 Å². The van der Waals surface area contributed by atoms with E-state index in [4.69, 9.17) is 23.2 Å². The van der Waals surface area contributed by atoms with Gasteiger partial charge in [-0.3, -0.25) is 0 Å². The van der Waals surface area contributed by atoms with E-state index in [1.54, 1.807) is 18.2 Å². The Morgan fingerprint density at radius 3 is 1.80 bits per heavy atom. The van der Waals surface area contributed by atoms with E-state index in [0.29, 0.717) is 10.0 Å². The van der Waals surface area contributed by atoms with Crippen molar-refractivity contribution in [1.29, 1.82) is 0 Å². The van der Waals surface area contributed by atoms with Crippen LogP contribution in [-0.2, 0) is 32.7 Å². The van der Waals surface area contributed by atoms with Gasteiger partial charge in [-0.15, -0.1) is 11.6 Å². The summed E-state index contributed by atoms with van der Waals surface area (Å²) in [7, 11) is 0. The second kappa shape index (κ2) is 9.36. The first-order valence-corrected chi connectivity index (χ1v) is 4.79. The fourth-order valence-electron chi connectivity index (χ4n) is 0.738. The molecule has 0 atom stereocenters. The molecule has 0 N–H and O–H groups in total. The third-order valence-corrected chi connectivity index (χ3v) is 2.09. The van der Waals surface area contributed by atoms with Crippen LogP contribution in [-0.4, -0.2) is 0 Å². The zero-order valence-corrected chi connectivity index (χ0v) is 12.3. The van der Waals surface area contributed by atoms with Crippen LogP contribution in [0.5, 0.6) is 0 Å². The van der Waals surface area contributed by atoms with E-state index in [9.17, 15) is 0 Å². The number of benzene rings is 2. The standard InChI is InChI=1S/C6H3Cl2.C6H5.Y/c7-5-3-1-2-4-6(5)8;1-2-4-6-5-3-1;/h1-3H;1-5H;/q2*-1;. The van der Waals surface area contributed by atoms with Gasteiger partial charge in [0.25, 0.3) is 0 Å². The largest absolute Gasteiger partial charge is 0.184 e. The Morgan fingerprint density at radius 2 is 1.53 bits per heavy atom. The zero-order chi connectivity index (χ0) is 10.2. The van der Waals surface area contributed by atoms with Crippen molar-refractivity contribution in [2.24, 2.45) is 0 Å². The van der Waals surface area contributed by atoms with E-state index >= 15 is 0 Å². The van der Waals surface area contributed by atoms with Gasteiger partial charge in [-0.25, -0.2) is 0 Å². The Balaban J connectivity index is 0.000000253. The van der Waals surface area contributed by atoms with Crippen molar-refractivity contribution in [3.63, 3.8) is 0 Å². The van der Waals surface area contributed by atoms with Crippen LogP contribution in [0.25, 0.3) is 0 Å². The third-order valence-electron chi connectivity index (χ3n) is 1.37. The molecule has 75 valence electrons. The molecule has 0 saturated heterocycles. The maximum atomic E-state index is 5.55. The van der Waals surface area contributed by atoms with Gasteiger partial charge in [-0.05, 0) is 0 Å². The van der Waals surface area contributed by atoms with Crippen molar-refractivity contribution in [3.8, 4) is 0 Å². The summed E-state index contributed by atoms with van der Waals surface area (Å²) in [5.41, 5.74) is 0. The van der Waals surface area contributed by atoms with Crippen LogP contribution in [0, 0.1) is 12.1 Å². The maximum Gasteiger partial charge on any atom is 0 e. The molecule has 2 rings (SSSR count). The number of rotatable bonds is 0. The van der Waals surface area contributed by atoms with Crippen molar-refractivity contribution in [2.75, 3.05) is 0 Å². The van der Waals surface area contributed by atoms with Crippen LogP contribution >= 0.6 is 23.2 Å². The van der Waals surface area contributed by atoms with Crippen molar-refractivity contribution in [2.45, 2.75) is 0 Å². The van der Waals surface area contributed by atoms with Gasteiger partial charge in [-0.1, -0.05) is 10.0 Å². The van der Waals surface area contributed by atoms with E-state index in [1.807, 2.05) is 30.3 Å². The summed E-state index contributed by atoms with van der Waals surface area (Å²) in [6.45, 7) is 0. The van der Waals surface area contributed by atoms with Gasteiger partial charge in [0.15, 0.2) is 0 Å². The molecule has 0 aliphatic heterocycles. The van der Waals surface area contributed by atoms with Gasteiger partial charge in [0.2, 0.25) is 0 Å². The second-order valence-electron chi connectivity index (χ2n) is 2.41. The normalized spacial score (nSPS) is 8.13. The predicted octanol–water partition coefficient (Wildman–Crippen LogP) is 4.28. The first-order chi connectivity index (χ1) is 6.80. The van der Waals surface area contributed by atoms with Crippen LogP contribution in [0.2, 0.25) is 10.0 Å². The summed E-state index contributed by atoms with van der Waals surface area (Å²) in [6, 6.07) is 20.5. The van der Waals surface area contributed by atoms with Crippen molar-refractivity contribution < 1.29 is 32.7 Å². The molecule has 0 nitrogen and oxygen atoms in total. The quantitative estimate of drug-likeness (QED) is 0.637. The molecule has 0 amide bonds. The van der Waals surface area contributed by atoms with Gasteiger partial charge in [0.1, 0.15) is 0 Å². The minimum Gasteiger partial charge on any atom is -0.184 e. The molecule has 0 bridgehead atoms. The number of hydrogen-bond acceptors (Lipinski definition) is 0. The van der Waals surface area contributed by atoms with E-state index in [1.165, 1.54) is 0 Å². The summed E-state index contributed by atoms with van der Waals surface area (Å²) in [6.07, 6.45) is 0. The van der Waals surface area contributed by atoms with Crippen LogP contribution < -0.4 is 0 Å². The topological polar surface area (TPSA) is 0 Å². The molecular weight excluding hydrogens is 304 g/mol. The molecule has 3 heteroatoms. The van der Waals surface area contributed by atoms with E-state index in [-0.39, 0.29) is 32.7 Å². The Bertz CT molecular complexity index is 315. The molecule has 15 heavy (non-hydrogen) atoms. The van der Waals surface area contributed by atoms with Crippen molar-refractivity contribution in [3.05, 3.63) is 70.7 Å². The minimum absolute atomic E-state index is 0. The summed E-state index contributed by atoms with van der Waals surface area (Å²) < 4.78 is 0. The van der Waals surface area contributed by atoms with Crippen molar-refractivity contribution >= 4 is 23.2 Å². The molecule has 2 aromatic carbocycles. The van der Waals surface area contributed by atoms with Crippen molar-refractivity contribution in [1.82, 2.24) is 0 Å². The van der Waals surface area contributed by atoms with E-state index < -0.39 is 0 Å². The van der Waals surface area contributed by atoms with E-state index in [0.717, 1.165) is 0 Å². The Hall–Kier alpha value is 0.124. The summed E-state index contributed by atoms with van der Waals surface area (Å²) in [5.74, 6) is 0. The van der Waals surface area contributed by atoms with Crippen LogP contribution in [0.4, 0.5) is 0 Å². The fourth-order valence-corrected chi connectivity index (χ4v) is 0.991. The SMILES string of the molecule is Clc1[c-]cccc1Cl.[Y].[c-]1ccccc1. The summed E-state index contributed by atoms with van der Waals surface area (Å²) >= 11 is 11.1. The molecule has 0 heterocycles. The predicted molar refractivity (Wildman–Crippen MR) is 60.6 cm³/mol. The molecular formula is C12H8Cl2Y-2. The third kappa shape index (κ3) is 7.08. The summed E-state index contributed by atoms with van der Waals surface area (Å²) in [4.78, 5) is 0. The monoisotopic (exact) mass is 311 g/mol. The van der Waals surface area contributed by atoms with Crippen LogP contribution in [0.15, 0.2) is 48.5 Å². The molecule has 0 fully saturated rings. The molecule has 0 aliphatic carbocycles. The van der Waals surface area contributed by atoms with Gasteiger partial charge in [0, 0.05) is 32.7 Å². The Morgan fingerprint density at radius 1 is 0.867 bits per heavy atom. The molecule has 0 aromatic heterocycles. The average Bonchev–Trinajstić information content (AvgIpc) is 2.26. The van der Waals surface area contributed by atoms with Gasteiger partial charge in [-0.2, -0.15) is 72.3 Å². The Labute approximate surface area is 125 Å². The molecule has 0 saturated carbocycles. The first-order valence-electron chi connectivity index (χ1n) is 4.03. The number of halogens is 2. The van der Waals surface area contributed by atoms with Gasteiger partial charge >= 0.3 is 0 Å². The average molecular weight is 312 g/mol. The fraction of sp³-hybridized carbons (Fsp3) is 0. The zero-order valence-electron chi connectivity index (χ0n) is 7.95. The van der Waals surface area contributed by atoms with Gasteiger partial charge < -0.3 is 0 Å². The van der Waals surface area contributed by atoms with E-state index in [2.05, 4.69) is 12.1 Å². The molecule has 2 aromatic rings. The minimum atomic E-state index is 0. The van der Waals surface area contributed by atoms with Crippen LogP contribution in [0.1, 0.15) is 0 Å². The Kier molecular flexibility index (Phi) is 9.43. The summed E-state index contributed by atoms with van der Waals surface area (Å²) in [5, 5.41) is 1.03. The molecule has 0 spiro atoms. The molecule has 0 unspecified atom stereocenters. The molecule has 1 radical (unpaired) electrons. The van der Waals surface area contributed by atoms with Gasteiger partial charge in [0.05, 0.1) is 0 Å².